The number of alkyl halides is 9. The standard InChI is InChI=1S/C21H9F13N2O2/c22-11-5-10(21(32,33)34)17(37-6-1-8(19(26,27)28)14(23)12(35)3-6)16(25)18(11)38-7-2-9(20(29,30)31)15(24)13(36)4-7/h1-5H,35-36H2. The summed E-state index contributed by atoms with van der Waals surface area (Å²) in [6.45, 7) is 0. The van der Waals surface area contributed by atoms with Crippen molar-refractivity contribution in [2.45, 2.75) is 18.5 Å². The van der Waals surface area contributed by atoms with E-state index < -0.39 is 98.9 Å². The normalized spacial score (nSPS) is 12.6. The van der Waals surface area contributed by atoms with E-state index in [0.29, 0.717) is 6.07 Å². The number of halogens is 13. The Hall–Kier alpha value is -4.05. The first-order chi connectivity index (χ1) is 17.2. The van der Waals surface area contributed by atoms with Gasteiger partial charge >= 0.3 is 18.5 Å². The van der Waals surface area contributed by atoms with Gasteiger partial charge in [0, 0.05) is 12.1 Å². The van der Waals surface area contributed by atoms with Crippen molar-refractivity contribution in [3.63, 3.8) is 0 Å². The Balaban J connectivity index is 2.20. The lowest BCUT2D eigenvalue weighted by atomic mass is 10.1. The van der Waals surface area contributed by atoms with Crippen LogP contribution in [0.15, 0.2) is 30.3 Å². The molecule has 0 aliphatic carbocycles. The molecule has 0 radical (unpaired) electrons. The number of hydrogen-bond donors (Lipinski definition) is 2. The maximum atomic E-state index is 15.1. The van der Waals surface area contributed by atoms with Gasteiger partial charge in [-0.05, 0) is 18.2 Å². The van der Waals surface area contributed by atoms with Crippen LogP contribution in [0, 0.1) is 23.3 Å². The van der Waals surface area contributed by atoms with Crippen LogP contribution in [0.4, 0.5) is 68.5 Å². The fourth-order valence-corrected chi connectivity index (χ4v) is 2.99. The van der Waals surface area contributed by atoms with Crippen molar-refractivity contribution in [3.8, 4) is 23.0 Å². The number of hydrogen-bond acceptors (Lipinski definition) is 4. The highest BCUT2D eigenvalue weighted by atomic mass is 19.4. The van der Waals surface area contributed by atoms with Crippen molar-refractivity contribution in [1.29, 1.82) is 0 Å². The lowest BCUT2D eigenvalue weighted by molar-refractivity contribution is -0.141. The molecule has 3 aromatic carbocycles. The van der Waals surface area contributed by atoms with E-state index in [0.717, 1.165) is 0 Å². The molecule has 0 heterocycles. The van der Waals surface area contributed by atoms with Crippen LogP contribution in [-0.2, 0) is 18.5 Å². The number of benzene rings is 3. The average molecular weight is 568 g/mol. The molecule has 0 unspecified atom stereocenters. The molecule has 0 saturated carbocycles. The highest BCUT2D eigenvalue weighted by Gasteiger charge is 2.41. The van der Waals surface area contributed by atoms with Crippen molar-refractivity contribution >= 4 is 11.4 Å². The van der Waals surface area contributed by atoms with Crippen LogP contribution >= 0.6 is 0 Å². The summed E-state index contributed by atoms with van der Waals surface area (Å²) in [7, 11) is 0. The number of ether oxygens (including phenoxy) is 2. The quantitative estimate of drug-likeness (QED) is 0.247. The van der Waals surface area contributed by atoms with E-state index in [4.69, 9.17) is 11.5 Å². The Bertz CT molecular complexity index is 1400. The summed E-state index contributed by atoms with van der Waals surface area (Å²) in [6.07, 6.45) is -16.4. The van der Waals surface area contributed by atoms with E-state index in [1.165, 1.54) is 0 Å². The third-order valence-corrected chi connectivity index (χ3v) is 4.64. The maximum absolute atomic E-state index is 15.1. The topological polar surface area (TPSA) is 70.5 Å². The summed E-state index contributed by atoms with van der Waals surface area (Å²) >= 11 is 0. The second-order valence-electron chi connectivity index (χ2n) is 7.32. The van der Waals surface area contributed by atoms with Crippen LogP contribution < -0.4 is 20.9 Å². The second-order valence-corrected chi connectivity index (χ2v) is 7.32. The zero-order valence-corrected chi connectivity index (χ0v) is 17.8. The molecule has 0 fully saturated rings. The molecule has 0 aromatic heterocycles. The molecule has 0 aliphatic rings. The van der Waals surface area contributed by atoms with Crippen LogP contribution in [0.3, 0.4) is 0 Å². The summed E-state index contributed by atoms with van der Waals surface area (Å²) in [4.78, 5) is 0. The van der Waals surface area contributed by atoms with Gasteiger partial charge in [-0.3, -0.25) is 0 Å². The summed E-state index contributed by atoms with van der Waals surface area (Å²) in [5, 5.41) is 0. The summed E-state index contributed by atoms with van der Waals surface area (Å²) in [6, 6.07) is -0.157. The van der Waals surface area contributed by atoms with Gasteiger partial charge in [-0.1, -0.05) is 0 Å². The molecule has 3 aromatic rings. The molecule has 0 aliphatic heterocycles. The van der Waals surface area contributed by atoms with Crippen molar-refractivity contribution in [2.24, 2.45) is 0 Å². The highest BCUT2D eigenvalue weighted by Crippen LogP contribution is 2.47. The molecular formula is C21H9F13N2O2. The molecular weight excluding hydrogens is 559 g/mol. The van der Waals surface area contributed by atoms with Gasteiger partial charge in [0.05, 0.1) is 22.5 Å². The first-order valence-electron chi connectivity index (χ1n) is 9.49. The predicted molar refractivity (Wildman–Crippen MR) is 103 cm³/mol. The summed E-state index contributed by atoms with van der Waals surface area (Å²) < 4.78 is 185. The highest BCUT2D eigenvalue weighted by molar-refractivity contribution is 5.55. The first-order valence-corrected chi connectivity index (χ1v) is 9.49. The molecule has 0 atom stereocenters. The zero-order valence-electron chi connectivity index (χ0n) is 17.8. The van der Waals surface area contributed by atoms with Gasteiger partial charge in [0.15, 0.2) is 23.2 Å². The molecule has 0 spiro atoms. The van der Waals surface area contributed by atoms with Gasteiger partial charge in [0.1, 0.15) is 17.1 Å². The molecule has 17 heteroatoms. The van der Waals surface area contributed by atoms with Crippen molar-refractivity contribution in [1.82, 2.24) is 0 Å². The molecule has 0 saturated heterocycles. The fraction of sp³-hybridized carbons (Fsp3) is 0.143. The Kier molecular flexibility index (Phi) is 7.02. The minimum Gasteiger partial charge on any atom is -0.453 e. The third kappa shape index (κ3) is 5.60. The molecule has 0 bridgehead atoms. The van der Waals surface area contributed by atoms with Crippen LogP contribution in [0.25, 0.3) is 0 Å². The van der Waals surface area contributed by atoms with Crippen LogP contribution in [0.5, 0.6) is 23.0 Å². The van der Waals surface area contributed by atoms with Crippen molar-refractivity contribution in [3.05, 3.63) is 70.3 Å². The summed E-state index contributed by atoms with van der Waals surface area (Å²) in [5.41, 5.74) is 1.25. The van der Waals surface area contributed by atoms with Gasteiger partial charge < -0.3 is 20.9 Å². The van der Waals surface area contributed by atoms with Crippen molar-refractivity contribution < 1.29 is 66.5 Å². The van der Waals surface area contributed by atoms with Gasteiger partial charge in [0.25, 0.3) is 0 Å². The Morgan fingerprint density at radius 3 is 1.21 bits per heavy atom. The lowest BCUT2D eigenvalue weighted by Crippen LogP contribution is -2.13. The minimum atomic E-state index is -5.61. The number of nitrogen functional groups attached to an aromatic ring is 2. The summed E-state index contributed by atoms with van der Waals surface area (Å²) in [5.74, 6) is -14.9. The van der Waals surface area contributed by atoms with E-state index in [1.807, 2.05) is 0 Å². The molecule has 4 N–H and O–H groups in total. The Labute approximate surface area is 202 Å². The van der Waals surface area contributed by atoms with E-state index in [-0.39, 0.29) is 18.2 Å². The van der Waals surface area contributed by atoms with Crippen LogP contribution in [-0.4, -0.2) is 0 Å². The first kappa shape index (κ1) is 28.5. The van der Waals surface area contributed by atoms with E-state index in [2.05, 4.69) is 9.47 Å². The number of rotatable bonds is 4. The minimum absolute atomic E-state index is 0.112. The fourth-order valence-electron chi connectivity index (χ4n) is 2.99. The average Bonchev–Trinajstić information content (AvgIpc) is 2.75. The van der Waals surface area contributed by atoms with Gasteiger partial charge in [-0.2, -0.15) is 43.9 Å². The van der Waals surface area contributed by atoms with E-state index in [1.54, 1.807) is 0 Å². The second kappa shape index (κ2) is 9.36. The Morgan fingerprint density at radius 2 is 0.842 bits per heavy atom. The molecule has 206 valence electrons. The molecule has 4 nitrogen and oxygen atoms in total. The lowest BCUT2D eigenvalue weighted by Gasteiger charge is -2.19. The largest absolute Gasteiger partial charge is 0.453 e. The molecule has 3 rings (SSSR count). The number of nitrogens with two attached hydrogens (primary N) is 2. The molecule has 0 amide bonds. The predicted octanol–water partition coefficient (Wildman–Crippen LogP) is 8.05. The van der Waals surface area contributed by atoms with Gasteiger partial charge in [0.2, 0.25) is 11.6 Å². The smallest absolute Gasteiger partial charge is 0.420 e. The Morgan fingerprint density at radius 1 is 0.474 bits per heavy atom. The SMILES string of the molecule is Nc1cc(Oc2c(F)cc(C(F)(F)F)c(Oc3cc(N)c(F)c(C(F)(F)F)c3)c2F)cc(C(F)(F)F)c1F. The van der Waals surface area contributed by atoms with Crippen LogP contribution in [0.2, 0.25) is 0 Å². The zero-order chi connectivity index (χ0) is 29.0. The van der Waals surface area contributed by atoms with E-state index in [9.17, 15) is 52.7 Å². The van der Waals surface area contributed by atoms with E-state index >= 15 is 4.39 Å². The maximum Gasteiger partial charge on any atom is 0.420 e. The monoisotopic (exact) mass is 568 g/mol. The van der Waals surface area contributed by atoms with Gasteiger partial charge in [-0.15, -0.1) is 0 Å². The van der Waals surface area contributed by atoms with Gasteiger partial charge in [-0.25, -0.2) is 13.2 Å². The number of anilines is 2. The van der Waals surface area contributed by atoms with Crippen LogP contribution in [0.1, 0.15) is 16.7 Å². The molecule has 38 heavy (non-hydrogen) atoms. The third-order valence-electron chi connectivity index (χ3n) is 4.64. The van der Waals surface area contributed by atoms with Crippen molar-refractivity contribution in [2.75, 3.05) is 11.5 Å².